The fraction of sp³-hybridized carbons (Fsp3) is 0.353. The first kappa shape index (κ1) is 19.0. The third-order valence-corrected chi connectivity index (χ3v) is 4.51. The van der Waals surface area contributed by atoms with Crippen LogP contribution in [-0.4, -0.2) is 57.1 Å². The van der Waals surface area contributed by atoms with Crippen molar-refractivity contribution in [3.8, 4) is 5.75 Å². The number of anilines is 1. The predicted molar refractivity (Wildman–Crippen MR) is 99.7 cm³/mol. The van der Waals surface area contributed by atoms with Gasteiger partial charge in [-0.25, -0.2) is 0 Å². The predicted octanol–water partition coefficient (Wildman–Crippen LogP) is 2.15. The molecular formula is C17H23N3O4S. The monoisotopic (exact) mass is 365 g/mol. The summed E-state index contributed by atoms with van der Waals surface area (Å²) in [5, 5.41) is 6.17. The smallest absolute Gasteiger partial charge is 0.264 e. The van der Waals surface area contributed by atoms with Crippen LogP contribution >= 0.6 is 0 Å². The first-order chi connectivity index (χ1) is 11.9. The Labute approximate surface area is 148 Å². The Morgan fingerprint density at radius 1 is 1.40 bits per heavy atom. The van der Waals surface area contributed by atoms with Gasteiger partial charge in [-0.3, -0.25) is 9.56 Å². The first-order valence-electron chi connectivity index (χ1n) is 7.87. The van der Waals surface area contributed by atoms with Crippen LogP contribution in [0.3, 0.4) is 0 Å². The number of hydrogen-bond donors (Lipinski definition) is 1. The molecule has 0 unspecified atom stereocenters. The van der Waals surface area contributed by atoms with Crippen molar-refractivity contribution in [3.63, 3.8) is 0 Å². The number of methoxy groups -OCH3 is 1. The number of benzene rings is 1. The molecule has 1 aromatic rings. The highest BCUT2D eigenvalue weighted by atomic mass is 32.2. The van der Waals surface area contributed by atoms with Crippen LogP contribution in [0, 0.1) is 0 Å². The highest BCUT2D eigenvalue weighted by Crippen LogP contribution is 2.26. The number of para-hydroxylation sites is 2. The summed E-state index contributed by atoms with van der Waals surface area (Å²) in [4.78, 5) is 1.98. The summed E-state index contributed by atoms with van der Waals surface area (Å²) in [6.07, 6.45) is 7.97. The van der Waals surface area contributed by atoms with E-state index in [4.69, 9.17) is 9.29 Å². The fourth-order valence-electron chi connectivity index (χ4n) is 2.37. The molecule has 0 radical (unpaired) electrons. The maximum Gasteiger partial charge on any atom is 0.264 e. The van der Waals surface area contributed by atoms with Gasteiger partial charge in [0, 0.05) is 20.1 Å². The molecule has 0 bridgehead atoms. The van der Waals surface area contributed by atoms with Crippen molar-refractivity contribution in [1.29, 1.82) is 0 Å². The SMILES string of the molecule is COc1ccccc1N(C)N=CC1=CCN(CCCS(=O)(=O)O)C=C1. The third kappa shape index (κ3) is 6.24. The van der Waals surface area contributed by atoms with Crippen molar-refractivity contribution >= 4 is 22.0 Å². The summed E-state index contributed by atoms with van der Waals surface area (Å²) in [5.41, 5.74) is 1.83. The summed E-state index contributed by atoms with van der Waals surface area (Å²) in [5.74, 6) is 0.527. The molecule has 8 heteroatoms. The van der Waals surface area contributed by atoms with E-state index in [0.717, 1.165) is 17.0 Å². The van der Waals surface area contributed by atoms with E-state index in [0.29, 0.717) is 19.5 Å². The second-order valence-electron chi connectivity index (χ2n) is 5.59. The molecule has 1 heterocycles. The topological polar surface area (TPSA) is 82.4 Å². The Morgan fingerprint density at radius 2 is 2.16 bits per heavy atom. The van der Waals surface area contributed by atoms with Gasteiger partial charge in [-0.05, 0) is 36.4 Å². The standard InChI is InChI=1S/C17H23N3O4S/c1-19(16-6-3-4-7-17(16)24-2)18-14-15-8-11-20(12-9-15)10-5-13-25(21,22)23/h3-4,6-9,11,14H,5,10,12-13H2,1-2H3,(H,21,22,23). The quantitative estimate of drug-likeness (QED) is 0.432. The van der Waals surface area contributed by atoms with Crippen LogP contribution in [0.25, 0.3) is 0 Å². The summed E-state index contributed by atoms with van der Waals surface area (Å²) >= 11 is 0. The highest BCUT2D eigenvalue weighted by Gasteiger charge is 2.08. The number of hydrogen-bond acceptors (Lipinski definition) is 6. The highest BCUT2D eigenvalue weighted by molar-refractivity contribution is 7.85. The van der Waals surface area contributed by atoms with Gasteiger partial charge in [-0.15, -0.1) is 0 Å². The van der Waals surface area contributed by atoms with Gasteiger partial charge in [0.05, 0.1) is 19.1 Å². The van der Waals surface area contributed by atoms with Crippen molar-refractivity contribution in [1.82, 2.24) is 4.90 Å². The molecule has 0 aromatic heterocycles. The lowest BCUT2D eigenvalue weighted by Gasteiger charge is -2.21. The lowest BCUT2D eigenvalue weighted by Crippen LogP contribution is -2.23. The normalized spacial score (nSPS) is 14.7. The van der Waals surface area contributed by atoms with Crippen LogP contribution in [0.4, 0.5) is 5.69 Å². The lowest BCUT2D eigenvalue weighted by atomic mass is 10.2. The molecule has 1 aliphatic heterocycles. The molecule has 1 aromatic carbocycles. The molecule has 0 atom stereocenters. The van der Waals surface area contributed by atoms with E-state index in [9.17, 15) is 8.42 Å². The zero-order valence-corrected chi connectivity index (χ0v) is 15.2. The van der Waals surface area contributed by atoms with Crippen LogP contribution < -0.4 is 9.75 Å². The minimum atomic E-state index is -3.89. The number of allylic oxidation sites excluding steroid dienone is 2. The van der Waals surface area contributed by atoms with Crippen molar-refractivity contribution in [3.05, 3.63) is 48.2 Å². The largest absolute Gasteiger partial charge is 0.495 e. The van der Waals surface area contributed by atoms with E-state index in [2.05, 4.69) is 5.10 Å². The number of hydrazone groups is 1. The van der Waals surface area contributed by atoms with Crippen molar-refractivity contribution in [2.75, 3.05) is 38.0 Å². The van der Waals surface area contributed by atoms with E-state index < -0.39 is 10.1 Å². The maximum atomic E-state index is 10.7. The summed E-state index contributed by atoms with van der Waals surface area (Å²) in [6, 6.07) is 7.64. The molecule has 136 valence electrons. The van der Waals surface area contributed by atoms with E-state index in [1.165, 1.54) is 0 Å². The van der Waals surface area contributed by atoms with E-state index in [-0.39, 0.29) is 5.75 Å². The van der Waals surface area contributed by atoms with Crippen LogP contribution in [0.1, 0.15) is 6.42 Å². The summed E-state index contributed by atoms with van der Waals surface area (Å²) in [7, 11) is -0.414. The molecule has 0 amide bonds. The lowest BCUT2D eigenvalue weighted by molar-refractivity contribution is 0.405. The Balaban J connectivity index is 1.88. The van der Waals surface area contributed by atoms with E-state index >= 15 is 0 Å². The minimum absolute atomic E-state index is 0.223. The molecule has 0 aliphatic carbocycles. The third-order valence-electron chi connectivity index (χ3n) is 3.70. The Hall–Kier alpha value is -2.32. The van der Waals surface area contributed by atoms with Crippen molar-refractivity contribution < 1.29 is 17.7 Å². The molecular weight excluding hydrogens is 342 g/mol. The number of nitrogens with zero attached hydrogens (tertiary/aromatic N) is 3. The van der Waals surface area contributed by atoms with Crippen molar-refractivity contribution in [2.45, 2.75) is 6.42 Å². The molecule has 0 saturated carbocycles. The Morgan fingerprint density at radius 3 is 2.80 bits per heavy atom. The van der Waals surface area contributed by atoms with Gasteiger partial charge in [-0.1, -0.05) is 18.2 Å². The van der Waals surface area contributed by atoms with Gasteiger partial charge < -0.3 is 9.64 Å². The zero-order chi connectivity index (χ0) is 18.3. The van der Waals surface area contributed by atoms with E-state index in [1.807, 2.05) is 54.6 Å². The number of rotatable bonds is 8. The van der Waals surface area contributed by atoms with E-state index in [1.54, 1.807) is 18.3 Å². The fourth-order valence-corrected chi connectivity index (χ4v) is 2.86. The second-order valence-corrected chi connectivity index (χ2v) is 7.17. The Bertz CT molecular complexity index is 772. The molecule has 1 N–H and O–H groups in total. The molecule has 1 aliphatic rings. The van der Waals surface area contributed by atoms with Gasteiger partial charge in [0.2, 0.25) is 0 Å². The summed E-state index contributed by atoms with van der Waals surface area (Å²) < 4.78 is 35.5. The van der Waals surface area contributed by atoms with Crippen molar-refractivity contribution in [2.24, 2.45) is 5.10 Å². The molecule has 25 heavy (non-hydrogen) atoms. The van der Waals surface area contributed by atoms with Gasteiger partial charge >= 0.3 is 0 Å². The zero-order valence-electron chi connectivity index (χ0n) is 14.4. The second kappa shape index (κ2) is 8.68. The maximum absolute atomic E-state index is 10.7. The number of ether oxygens (including phenoxy) is 1. The van der Waals surface area contributed by atoms with Gasteiger partial charge in [0.1, 0.15) is 11.4 Å². The molecule has 2 rings (SSSR count). The van der Waals surface area contributed by atoms with Gasteiger partial charge in [0.15, 0.2) is 0 Å². The van der Waals surface area contributed by atoms with Gasteiger partial charge in [0.25, 0.3) is 10.1 Å². The first-order valence-corrected chi connectivity index (χ1v) is 9.48. The molecule has 0 spiro atoms. The van der Waals surface area contributed by atoms with Crippen LogP contribution in [-0.2, 0) is 10.1 Å². The van der Waals surface area contributed by atoms with Gasteiger partial charge in [-0.2, -0.15) is 13.5 Å². The average Bonchev–Trinajstić information content (AvgIpc) is 2.59. The van der Waals surface area contributed by atoms with Crippen LogP contribution in [0.2, 0.25) is 0 Å². The van der Waals surface area contributed by atoms with Crippen LogP contribution in [0.5, 0.6) is 5.75 Å². The Kier molecular flexibility index (Phi) is 6.60. The molecule has 0 saturated heterocycles. The minimum Gasteiger partial charge on any atom is -0.495 e. The molecule has 0 fully saturated rings. The van der Waals surface area contributed by atoms with Crippen LogP contribution in [0.15, 0.2) is 53.3 Å². The summed E-state index contributed by atoms with van der Waals surface area (Å²) in [6.45, 7) is 1.24. The molecule has 7 nitrogen and oxygen atoms in total. The average molecular weight is 365 g/mol.